The molecule has 0 amide bonds. The quantitative estimate of drug-likeness (QED) is 0.475. The van der Waals surface area contributed by atoms with E-state index >= 15 is 0 Å². The van der Waals surface area contributed by atoms with Crippen LogP contribution in [0.25, 0.3) is 0 Å². The van der Waals surface area contributed by atoms with Crippen LogP contribution in [0.4, 0.5) is 0 Å². The van der Waals surface area contributed by atoms with Crippen molar-refractivity contribution in [2.45, 2.75) is 0 Å². The van der Waals surface area contributed by atoms with Gasteiger partial charge in [-0.05, 0) is 24.3 Å². The fraction of sp³-hybridized carbons (Fsp3) is 0.111. The van der Waals surface area contributed by atoms with Gasteiger partial charge in [0.1, 0.15) is 24.1 Å². The molecule has 0 saturated heterocycles. The minimum Gasteiger partial charge on any atom is -0.869 e. The summed E-state index contributed by atoms with van der Waals surface area (Å²) in [4.78, 5) is 42.0. The van der Waals surface area contributed by atoms with Gasteiger partial charge in [-0.1, -0.05) is 11.5 Å². The van der Waals surface area contributed by atoms with Crippen LogP contribution in [0, 0.1) is 0 Å². The second kappa shape index (κ2) is 11.9. The SMILES string of the molecule is COc1cc(C=O)cc(C(=O)O)c1[O-].COc1cc(C=O)cc(C(=O)O)c1[O-].[Ca+2]. The zero-order valence-corrected chi connectivity index (χ0v) is 17.5. The van der Waals surface area contributed by atoms with Crippen LogP contribution in [0.2, 0.25) is 0 Å². The number of hydrogen-bond acceptors (Lipinski definition) is 8. The Kier molecular flexibility index (Phi) is 10.7. The number of hydrogen-bond donors (Lipinski definition) is 2. The topological polar surface area (TPSA) is 173 Å². The molecule has 148 valence electrons. The second-order valence-corrected chi connectivity index (χ2v) is 5.05. The number of carboxylic acid groups (broad SMARTS) is 2. The number of carboxylic acids is 2. The summed E-state index contributed by atoms with van der Waals surface area (Å²) in [7, 11) is 2.47. The van der Waals surface area contributed by atoms with Gasteiger partial charge in [0, 0.05) is 11.1 Å². The van der Waals surface area contributed by atoms with Crippen LogP contribution in [0.15, 0.2) is 24.3 Å². The second-order valence-electron chi connectivity index (χ2n) is 5.05. The van der Waals surface area contributed by atoms with Crippen molar-refractivity contribution < 1.29 is 49.1 Å². The van der Waals surface area contributed by atoms with Gasteiger partial charge in [-0.25, -0.2) is 9.59 Å². The smallest absolute Gasteiger partial charge is 0.869 e. The van der Waals surface area contributed by atoms with Gasteiger partial charge in [0.05, 0.1) is 25.3 Å². The van der Waals surface area contributed by atoms with E-state index in [0.717, 1.165) is 12.1 Å². The van der Waals surface area contributed by atoms with E-state index in [1.807, 2.05) is 0 Å². The molecule has 2 aromatic carbocycles. The fourth-order valence-electron chi connectivity index (χ4n) is 2.00. The summed E-state index contributed by atoms with van der Waals surface area (Å²) < 4.78 is 9.29. The number of methoxy groups -OCH3 is 2. The van der Waals surface area contributed by atoms with Crippen molar-refractivity contribution in [1.82, 2.24) is 0 Å². The van der Waals surface area contributed by atoms with Crippen LogP contribution in [0.5, 0.6) is 23.0 Å². The Hall–Kier alpha value is -2.82. The summed E-state index contributed by atoms with van der Waals surface area (Å²) in [6, 6.07) is 4.42. The van der Waals surface area contributed by atoms with E-state index in [-0.39, 0.29) is 60.4 Å². The minimum absolute atomic E-state index is 0. The zero-order chi connectivity index (χ0) is 21.4. The zero-order valence-electron chi connectivity index (χ0n) is 15.3. The average Bonchev–Trinajstić information content (AvgIpc) is 2.68. The first-order valence-electron chi connectivity index (χ1n) is 7.35. The third-order valence-corrected chi connectivity index (χ3v) is 3.33. The fourth-order valence-corrected chi connectivity index (χ4v) is 2.00. The molecule has 0 aliphatic heterocycles. The first-order chi connectivity index (χ1) is 13.2. The van der Waals surface area contributed by atoms with E-state index < -0.39 is 34.6 Å². The maximum absolute atomic E-state index is 11.3. The van der Waals surface area contributed by atoms with E-state index in [0.29, 0.717) is 12.6 Å². The van der Waals surface area contributed by atoms with Gasteiger partial charge in [0.2, 0.25) is 0 Å². The number of rotatable bonds is 6. The molecule has 0 spiro atoms. The number of ether oxygens (including phenoxy) is 2. The molecule has 0 aliphatic carbocycles. The Labute approximate surface area is 194 Å². The van der Waals surface area contributed by atoms with Crippen molar-refractivity contribution in [3.63, 3.8) is 0 Å². The van der Waals surface area contributed by atoms with Crippen molar-refractivity contribution in [3.05, 3.63) is 46.5 Å². The number of aldehydes is 2. The molecule has 2 rings (SSSR count). The van der Waals surface area contributed by atoms with Crippen molar-refractivity contribution in [2.24, 2.45) is 0 Å². The number of carbonyl (C=O) groups excluding carboxylic acids is 2. The molecule has 0 radical (unpaired) electrons. The van der Waals surface area contributed by atoms with Crippen LogP contribution in [-0.4, -0.2) is 86.7 Å². The van der Waals surface area contributed by atoms with Gasteiger partial charge < -0.3 is 29.9 Å². The summed E-state index contributed by atoms with van der Waals surface area (Å²) in [6.07, 6.45) is 0.906. The van der Waals surface area contributed by atoms with Crippen molar-refractivity contribution in [1.29, 1.82) is 0 Å². The van der Waals surface area contributed by atoms with Crippen LogP contribution in [0.1, 0.15) is 41.4 Å². The third kappa shape index (κ3) is 6.63. The Morgan fingerprint density at radius 3 is 1.31 bits per heavy atom. The predicted molar refractivity (Wildman–Crippen MR) is 95.3 cm³/mol. The monoisotopic (exact) mass is 430 g/mol. The first kappa shape index (κ1) is 26.2. The van der Waals surface area contributed by atoms with Crippen molar-refractivity contribution in [3.8, 4) is 23.0 Å². The molecule has 2 N–H and O–H groups in total. The van der Waals surface area contributed by atoms with E-state index in [1.165, 1.54) is 26.4 Å². The molecule has 0 heterocycles. The maximum atomic E-state index is 11.3. The molecule has 2 aromatic rings. The molecule has 10 nitrogen and oxygen atoms in total. The molecule has 0 fully saturated rings. The summed E-state index contributed by atoms with van der Waals surface area (Å²) >= 11 is 0. The van der Waals surface area contributed by atoms with Gasteiger partial charge in [0.25, 0.3) is 0 Å². The minimum atomic E-state index is -1.38. The van der Waals surface area contributed by atoms with E-state index in [2.05, 4.69) is 9.47 Å². The summed E-state index contributed by atoms with van der Waals surface area (Å²) in [5.41, 5.74) is -0.740. The van der Waals surface area contributed by atoms with Crippen molar-refractivity contribution in [2.75, 3.05) is 14.2 Å². The molecule has 0 saturated carbocycles. The van der Waals surface area contributed by atoms with Gasteiger partial charge in [-0.2, -0.15) is 0 Å². The number of carbonyl (C=O) groups is 4. The van der Waals surface area contributed by atoms with Crippen LogP contribution >= 0.6 is 0 Å². The van der Waals surface area contributed by atoms with Gasteiger partial charge in [0.15, 0.2) is 0 Å². The molecule has 11 heteroatoms. The molecule has 0 atom stereocenters. The summed E-state index contributed by atoms with van der Waals surface area (Å²) in [5.74, 6) is -4.51. The average molecular weight is 430 g/mol. The van der Waals surface area contributed by atoms with E-state index in [4.69, 9.17) is 10.2 Å². The Bertz CT molecular complexity index is 848. The van der Waals surface area contributed by atoms with Gasteiger partial charge in [-0.15, -0.1) is 0 Å². The Morgan fingerprint density at radius 1 is 0.793 bits per heavy atom. The third-order valence-electron chi connectivity index (χ3n) is 3.33. The molecule has 29 heavy (non-hydrogen) atoms. The van der Waals surface area contributed by atoms with Crippen LogP contribution in [-0.2, 0) is 0 Å². The number of benzene rings is 2. The Morgan fingerprint density at radius 2 is 1.10 bits per heavy atom. The van der Waals surface area contributed by atoms with E-state index in [1.54, 1.807) is 0 Å². The van der Waals surface area contributed by atoms with Crippen LogP contribution in [0.3, 0.4) is 0 Å². The molecule has 0 aromatic heterocycles. The first-order valence-corrected chi connectivity index (χ1v) is 7.35. The molecule has 0 aliphatic rings. The largest absolute Gasteiger partial charge is 2.00 e. The Balaban J connectivity index is 0.000000523. The molecule has 0 bridgehead atoms. The standard InChI is InChI=1S/2C9H8O5.Ca/c2*1-14-7-3-5(4-10)2-6(8(7)11)9(12)13;/h2*2-4,11H,1H3,(H,12,13);/q;;+2/p-2. The van der Waals surface area contributed by atoms with E-state index in [9.17, 15) is 29.4 Å². The maximum Gasteiger partial charge on any atom is 2.00 e. The van der Waals surface area contributed by atoms with Gasteiger partial charge >= 0.3 is 49.7 Å². The summed E-state index contributed by atoms with van der Waals surface area (Å²) in [5, 5.41) is 39.8. The molecular formula is C18H14CaO10. The normalized spacial score (nSPS) is 9.17. The number of aromatic carboxylic acids is 2. The molecular weight excluding hydrogens is 416 g/mol. The van der Waals surface area contributed by atoms with Crippen molar-refractivity contribution >= 4 is 62.2 Å². The van der Waals surface area contributed by atoms with Crippen LogP contribution < -0.4 is 19.7 Å². The predicted octanol–water partition coefficient (Wildman–Crippen LogP) is 0.178. The molecule has 0 unspecified atom stereocenters. The van der Waals surface area contributed by atoms with Gasteiger partial charge in [-0.3, -0.25) is 9.59 Å². The summed E-state index contributed by atoms with van der Waals surface area (Å²) in [6.45, 7) is 0.